The molecular formula is C12H10ClNO. The molecule has 2 aromatic rings. The number of benzene rings is 1. The maximum Gasteiger partial charge on any atom is 0.136 e. The molecule has 76 valence electrons. The summed E-state index contributed by atoms with van der Waals surface area (Å²) in [6, 6.07) is 11.5. The predicted octanol–water partition coefficient (Wildman–Crippen LogP) is 3.41. The van der Waals surface area contributed by atoms with Gasteiger partial charge in [-0.15, -0.1) is 0 Å². The fourth-order valence-electron chi connectivity index (χ4n) is 1.45. The molecule has 3 heteroatoms. The average molecular weight is 220 g/mol. The van der Waals surface area contributed by atoms with E-state index in [-0.39, 0.29) is 0 Å². The van der Waals surface area contributed by atoms with Crippen LogP contribution in [0.5, 0.6) is 5.75 Å². The van der Waals surface area contributed by atoms with Gasteiger partial charge in [-0.2, -0.15) is 0 Å². The second-order valence-electron chi connectivity index (χ2n) is 3.04. The van der Waals surface area contributed by atoms with E-state index in [9.17, 15) is 0 Å². The number of methoxy groups -OCH3 is 1. The van der Waals surface area contributed by atoms with Crippen molar-refractivity contribution in [1.82, 2.24) is 4.98 Å². The number of rotatable bonds is 2. The Bertz CT molecular complexity index is 471. The summed E-state index contributed by atoms with van der Waals surface area (Å²) in [5.41, 5.74) is 1.84. The number of para-hydroxylation sites is 1. The largest absolute Gasteiger partial charge is 0.496 e. The average Bonchev–Trinajstić information content (AvgIpc) is 2.30. The molecule has 1 aromatic heterocycles. The zero-order valence-corrected chi connectivity index (χ0v) is 9.03. The first kappa shape index (κ1) is 9.99. The Morgan fingerprint density at radius 1 is 1.07 bits per heavy atom. The van der Waals surface area contributed by atoms with Crippen LogP contribution in [0.2, 0.25) is 5.15 Å². The minimum atomic E-state index is 0.488. The smallest absolute Gasteiger partial charge is 0.136 e. The summed E-state index contributed by atoms with van der Waals surface area (Å²) in [6.45, 7) is 0. The molecule has 15 heavy (non-hydrogen) atoms. The van der Waals surface area contributed by atoms with E-state index in [2.05, 4.69) is 4.98 Å². The van der Waals surface area contributed by atoms with Gasteiger partial charge >= 0.3 is 0 Å². The van der Waals surface area contributed by atoms with Crippen LogP contribution in [-0.2, 0) is 0 Å². The van der Waals surface area contributed by atoms with Crippen LogP contribution in [0.1, 0.15) is 0 Å². The van der Waals surface area contributed by atoms with Crippen molar-refractivity contribution >= 4 is 11.6 Å². The molecule has 0 saturated carbocycles. The molecule has 0 bridgehead atoms. The SMILES string of the molecule is COc1ccccc1-c1cccnc1Cl. The van der Waals surface area contributed by atoms with E-state index >= 15 is 0 Å². The van der Waals surface area contributed by atoms with Gasteiger partial charge in [0.25, 0.3) is 0 Å². The molecule has 0 amide bonds. The lowest BCUT2D eigenvalue weighted by molar-refractivity contribution is 0.416. The van der Waals surface area contributed by atoms with Gasteiger partial charge in [0.1, 0.15) is 10.9 Å². The third-order valence-corrected chi connectivity index (χ3v) is 2.46. The summed E-state index contributed by atoms with van der Waals surface area (Å²) in [4.78, 5) is 4.04. The molecule has 0 spiro atoms. The van der Waals surface area contributed by atoms with Gasteiger partial charge in [-0.25, -0.2) is 4.98 Å². The fourth-order valence-corrected chi connectivity index (χ4v) is 1.68. The van der Waals surface area contributed by atoms with Crippen molar-refractivity contribution < 1.29 is 4.74 Å². The molecule has 0 aliphatic carbocycles. The van der Waals surface area contributed by atoms with E-state index in [1.807, 2.05) is 36.4 Å². The molecule has 1 heterocycles. The van der Waals surface area contributed by atoms with Crippen LogP contribution in [-0.4, -0.2) is 12.1 Å². The summed E-state index contributed by atoms with van der Waals surface area (Å²) < 4.78 is 5.27. The van der Waals surface area contributed by atoms with Gasteiger partial charge in [0.05, 0.1) is 7.11 Å². The molecule has 0 unspecified atom stereocenters. The Hall–Kier alpha value is -1.54. The molecule has 0 atom stereocenters. The zero-order chi connectivity index (χ0) is 10.7. The van der Waals surface area contributed by atoms with Gasteiger partial charge in [-0.05, 0) is 18.2 Å². The molecule has 0 radical (unpaired) electrons. The van der Waals surface area contributed by atoms with Gasteiger partial charge in [-0.1, -0.05) is 29.8 Å². The maximum atomic E-state index is 6.02. The number of hydrogen-bond acceptors (Lipinski definition) is 2. The number of ether oxygens (including phenoxy) is 1. The maximum absolute atomic E-state index is 6.02. The van der Waals surface area contributed by atoms with E-state index in [4.69, 9.17) is 16.3 Å². The molecule has 0 N–H and O–H groups in total. The normalized spacial score (nSPS) is 10.0. The molecule has 0 fully saturated rings. The highest BCUT2D eigenvalue weighted by molar-refractivity contribution is 6.32. The molecule has 0 aliphatic rings. The van der Waals surface area contributed by atoms with Crippen LogP contribution in [0, 0.1) is 0 Å². The molecular weight excluding hydrogens is 210 g/mol. The summed E-state index contributed by atoms with van der Waals surface area (Å²) in [5.74, 6) is 0.799. The van der Waals surface area contributed by atoms with Gasteiger partial charge in [0, 0.05) is 17.3 Å². The van der Waals surface area contributed by atoms with Gasteiger partial charge < -0.3 is 4.74 Å². The summed E-state index contributed by atoms with van der Waals surface area (Å²) in [5, 5.41) is 0.488. The van der Waals surface area contributed by atoms with E-state index < -0.39 is 0 Å². The third-order valence-electron chi connectivity index (χ3n) is 2.16. The second kappa shape index (κ2) is 4.32. The van der Waals surface area contributed by atoms with Crippen molar-refractivity contribution in [2.45, 2.75) is 0 Å². The van der Waals surface area contributed by atoms with Gasteiger partial charge in [0.2, 0.25) is 0 Å². The number of pyridine rings is 1. The first-order valence-corrected chi connectivity index (χ1v) is 4.94. The monoisotopic (exact) mass is 219 g/mol. The molecule has 2 nitrogen and oxygen atoms in total. The molecule has 1 aromatic carbocycles. The Labute approximate surface area is 93.5 Å². The van der Waals surface area contributed by atoms with Crippen molar-refractivity contribution in [3.05, 3.63) is 47.7 Å². The summed E-state index contributed by atoms with van der Waals surface area (Å²) in [6.07, 6.45) is 1.67. The summed E-state index contributed by atoms with van der Waals surface area (Å²) in [7, 11) is 1.64. The van der Waals surface area contributed by atoms with E-state index in [1.54, 1.807) is 13.3 Å². The number of halogens is 1. The van der Waals surface area contributed by atoms with Gasteiger partial charge in [-0.3, -0.25) is 0 Å². The predicted molar refractivity (Wildman–Crippen MR) is 61.2 cm³/mol. The quantitative estimate of drug-likeness (QED) is 0.723. The van der Waals surface area contributed by atoms with Crippen molar-refractivity contribution in [2.24, 2.45) is 0 Å². The highest BCUT2D eigenvalue weighted by Crippen LogP contribution is 2.32. The van der Waals surface area contributed by atoms with Crippen molar-refractivity contribution in [2.75, 3.05) is 7.11 Å². The first-order chi connectivity index (χ1) is 7.33. The molecule has 2 rings (SSSR count). The Balaban J connectivity index is 2.59. The second-order valence-corrected chi connectivity index (χ2v) is 3.40. The van der Waals surface area contributed by atoms with Crippen LogP contribution in [0.15, 0.2) is 42.6 Å². The van der Waals surface area contributed by atoms with Gasteiger partial charge in [0.15, 0.2) is 0 Å². The van der Waals surface area contributed by atoms with E-state index in [0.717, 1.165) is 16.9 Å². The Morgan fingerprint density at radius 3 is 2.53 bits per heavy atom. The summed E-state index contributed by atoms with van der Waals surface area (Å²) >= 11 is 6.02. The highest BCUT2D eigenvalue weighted by Gasteiger charge is 2.08. The number of nitrogens with zero attached hydrogens (tertiary/aromatic N) is 1. The van der Waals surface area contributed by atoms with Crippen LogP contribution < -0.4 is 4.74 Å². The fraction of sp³-hybridized carbons (Fsp3) is 0.0833. The standard InChI is InChI=1S/C12H10ClNO/c1-15-11-7-3-2-5-9(11)10-6-4-8-14-12(10)13/h2-8H,1H3. The topological polar surface area (TPSA) is 22.1 Å². The highest BCUT2D eigenvalue weighted by atomic mass is 35.5. The lowest BCUT2D eigenvalue weighted by Gasteiger charge is -2.08. The van der Waals surface area contributed by atoms with Crippen molar-refractivity contribution in [3.63, 3.8) is 0 Å². The molecule has 0 saturated heterocycles. The lowest BCUT2D eigenvalue weighted by Crippen LogP contribution is -1.88. The van der Waals surface area contributed by atoms with Crippen LogP contribution in [0.25, 0.3) is 11.1 Å². The lowest BCUT2D eigenvalue weighted by atomic mass is 10.1. The van der Waals surface area contributed by atoms with E-state index in [0.29, 0.717) is 5.15 Å². The number of aromatic nitrogens is 1. The van der Waals surface area contributed by atoms with Crippen LogP contribution in [0.3, 0.4) is 0 Å². The van der Waals surface area contributed by atoms with E-state index in [1.165, 1.54) is 0 Å². The van der Waals surface area contributed by atoms with Crippen LogP contribution in [0.4, 0.5) is 0 Å². The Morgan fingerprint density at radius 2 is 1.80 bits per heavy atom. The van der Waals surface area contributed by atoms with Crippen molar-refractivity contribution in [1.29, 1.82) is 0 Å². The first-order valence-electron chi connectivity index (χ1n) is 4.57. The number of hydrogen-bond donors (Lipinski definition) is 0. The Kier molecular flexibility index (Phi) is 2.88. The third kappa shape index (κ3) is 1.95. The minimum absolute atomic E-state index is 0.488. The zero-order valence-electron chi connectivity index (χ0n) is 8.27. The molecule has 0 aliphatic heterocycles. The minimum Gasteiger partial charge on any atom is -0.496 e. The van der Waals surface area contributed by atoms with Crippen molar-refractivity contribution in [3.8, 4) is 16.9 Å². The van der Waals surface area contributed by atoms with Crippen LogP contribution >= 0.6 is 11.6 Å².